The van der Waals surface area contributed by atoms with Crippen molar-refractivity contribution in [1.82, 2.24) is 5.43 Å². The summed E-state index contributed by atoms with van der Waals surface area (Å²) in [5.74, 6) is -0.793. The summed E-state index contributed by atoms with van der Waals surface area (Å²) >= 11 is 0. The molecule has 0 aliphatic heterocycles. The van der Waals surface area contributed by atoms with Crippen molar-refractivity contribution in [3.63, 3.8) is 0 Å². The highest BCUT2D eigenvalue weighted by molar-refractivity contribution is 6.03. The summed E-state index contributed by atoms with van der Waals surface area (Å²) in [7, 11) is 0. The number of carbonyl (C=O) groups is 1. The molecule has 2 rings (SSSR count). The minimum absolute atomic E-state index is 0.0580. The molecule has 0 aliphatic rings. The first-order valence-corrected chi connectivity index (χ1v) is 6.50. The topological polar surface area (TPSA) is 125 Å². The number of nitro benzene ring substituents is 1. The second-order valence-electron chi connectivity index (χ2n) is 4.65. The number of carbonyl (C=O) groups excluding carboxylic acids is 1. The number of nitro groups is 1. The number of phenolic OH excluding ortho intramolecular Hbond substituents is 2. The number of aromatic hydroxyl groups is 2. The number of rotatable bonds is 4. The molecule has 0 saturated carbocycles. The lowest BCUT2D eigenvalue weighted by Crippen LogP contribution is -2.19. The first-order chi connectivity index (χ1) is 10.9. The van der Waals surface area contributed by atoms with Gasteiger partial charge in [0.15, 0.2) is 0 Å². The van der Waals surface area contributed by atoms with Gasteiger partial charge in [0.2, 0.25) is 0 Å². The van der Waals surface area contributed by atoms with E-state index in [4.69, 9.17) is 0 Å². The molecule has 2 aromatic rings. The van der Waals surface area contributed by atoms with E-state index in [2.05, 4.69) is 10.5 Å². The van der Waals surface area contributed by atoms with Crippen LogP contribution in [-0.4, -0.2) is 26.8 Å². The number of hydrogen-bond donors (Lipinski definition) is 3. The van der Waals surface area contributed by atoms with Crippen LogP contribution in [0.15, 0.2) is 47.6 Å². The van der Waals surface area contributed by atoms with Crippen molar-refractivity contribution in [1.29, 1.82) is 0 Å². The summed E-state index contributed by atoms with van der Waals surface area (Å²) in [6, 6.07) is 9.12. The molecule has 0 radical (unpaired) electrons. The van der Waals surface area contributed by atoms with Crippen molar-refractivity contribution in [2.75, 3.05) is 0 Å². The second kappa shape index (κ2) is 6.56. The van der Waals surface area contributed by atoms with Crippen molar-refractivity contribution in [3.8, 4) is 11.5 Å². The predicted molar refractivity (Wildman–Crippen MR) is 82.5 cm³/mol. The van der Waals surface area contributed by atoms with E-state index in [1.807, 2.05) is 0 Å². The maximum absolute atomic E-state index is 12.0. The van der Waals surface area contributed by atoms with Gasteiger partial charge in [-0.3, -0.25) is 14.9 Å². The number of non-ortho nitro benzene ring substituents is 1. The Hall–Kier alpha value is -3.42. The monoisotopic (exact) mass is 315 g/mol. The molecule has 23 heavy (non-hydrogen) atoms. The highest BCUT2D eigenvalue weighted by atomic mass is 16.6. The van der Waals surface area contributed by atoms with Crippen LogP contribution in [0, 0.1) is 10.1 Å². The van der Waals surface area contributed by atoms with Gasteiger partial charge in [-0.2, -0.15) is 5.10 Å². The largest absolute Gasteiger partial charge is 0.508 e. The Kier molecular flexibility index (Phi) is 4.55. The molecule has 8 nitrogen and oxygen atoms in total. The van der Waals surface area contributed by atoms with Gasteiger partial charge in [-0.05, 0) is 31.2 Å². The number of hydrazone groups is 1. The Balaban J connectivity index is 2.18. The average molecular weight is 315 g/mol. The molecular weight excluding hydrogens is 302 g/mol. The van der Waals surface area contributed by atoms with Gasteiger partial charge in [-0.25, -0.2) is 5.43 Å². The van der Waals surface area contributed by atoms with Gasteiger partial charge in [0.25, 0.3) is 11.6 Å². The Morgan fingerprint density at radius 2 is 1.96 bits per heavy atom. The number of nitrogens with one attached hydrogen (secondary N) is 1. The molecule has 0 spiro atoms. The summed E-state index contributed by atoms with van der Waals surface area (Å²) in [5.41, 5.74) is 2.63. The van der Waals surface area contributed by atoms with Gasteiger partial charge < -0.3 is 10.2 Å². The third-order valence-corrected chi connectivity index (χ3v) is 3.01. The zero-order chi connectivity index (χ0) is 17.0. The molecule has 1 amide bonds. The molecule has 0 saturated heterocycles. The number of amides is 1. The van der Waals surface area contributed by atoms with Gasteiger partial charge >= 0.3 is 0 Å². The van der Waals surface area contributed by atoms with Crippen molar-refractivity contribution >= 4 is 17.3 Å². The molecule has 0 fully saturated rings. The maximum atomic E-state index is 12.0. The normalized spacial score (nSPS) is 11.1. The van der Waals surface area contributed by atoms with Crippen LogP contribution < -0.4 is 5.43 Å². The lowest BCUT2D eigenvalue weighted by molar-refractivity contribution is -0.384. The van der Waals surface area contributed by atoms with Gasteiger partial charge in [-0.15, -0.1) is 0 Å². The predicted octanol–water partition coefficient (Wildman–Crippen LogP) is 2.16. The fourth-order valence-electron chi connectivity index (χ4n) is 1.83. The van der Waals surface area contributed by atoms with Gasteiger partial charge in [0.05, 0.1) is 10.6 Å². The first kappa shape index (κ1) is 16.0. The second-order valence-corrected chi connectivity index (χ2v) is 4.65. The van der Waals surface area contributed by atoms with E-state index >= 15 is 0 Å². The van der Waals surface area contributed by atoms with Crippen LogP contribution in [0.5, 0.6) is 11.5 Å². The van der Waals surface area contributed by atoms with Crippen molar-refractivity contribution in [3.05, 3.63) is 63.7 Å². The zero-order valence-corrected chi connectivity index (χ0v) is 12.1. The van der Waals surface area contributed by atoms with E-state index in [-0.39, 0.29) is 34.0 Å². The third-order valence-electron chi connectivity index (χ3n) is 3.01. The summed E-state index contributed by atoms with van der Waals surface area (Å²) in [6.07, 6.45) is 0. The fourth-order valence-corrected chi connectivity index (χ4v) is 1.83. The van der Waals surface area contributed by atoms with Crippen molar-refractivity contribution < 1.29 is 19.9 Å². The molecule has 0 heterocycles. The van der Waals surface area contributed by atoms with Gasteiger partial charge in [0.1, 0.15) is 11.5 Å². The Labute approximate surface area is 130 Å². The van der Waals surface area contributed by atoms with Crippen LogP contribution in [0.1, 0.15) is 22.8 Å². The van der Waals surface area contributed by atoms with Crippen LogP contribution in [0.25, 0.3) is 0 Å². The molecular formula is C15H13N3O5. The van der Waals surface area contributed by atoms with Crippen LogP contribution in [-0.2, 0) is 0 Å². The Morgan fingerprint density at radius 1 is 1.22 bits per heavy atom. The number of benzene rings is 2. The van der Waals surface area contributed by atoms with Crippen molar-refractivity contribution in [2.24, 2.45) is 5.10 Å². The Bertz CT molecular complexity index is 801. The zero-order valence-electron chi connectivity index (χ0n) is 12.1. The average Bonchev–Trinajstić information content (AvgIpc) is 2.54. The van der Waals surface area contributed by atoms with E-state index in [1.54, 1.807) is 0 Å². The lowest BCUT2D eigenvalue weighted by Gasteiger charge is -2.05. The number of nitrogens with zero attached hydrogens (tertiary/aromatic N) is 2. The van der Waals surface area contributed by atoms with E-state index < -0.39 is 10.8 Å². The first-order valence-electron chi connectivity index (χ1n) is 6.50. The molecule has 118 valence electrons. The summed E-state index contributed by atoms with van der Waals surface area (Å²) in [6.45, 7) is 1.53. The van der Waals surface area contributed by atoms with E-state index in [0.29, 0.717) is 0 Å². The highest BCUT2D eigenvalue weighted by Crippen LogP contribution is 2.22. The lowest BCUT2D eigenvalue weighted by atomic mass is 10.1. The minimum Gasteiger partial charge on any atom is -0.508 e. The maximum Gasteiger partial charge on any atom is 0.271 e. The van der Waals surface area contributed by atoms with Crippen LogP contribution >= 0.6 is 0 Å². The molecule has 0 aliphatic carbocycles. The molecule has 0 aromatic heterocycles. The Morgan fingerprint density at radius 3 is 2.65 bits per heavy atom. The van der Waals surface area contributed by atoms with Crippen LogP contribution in [0.4, 0.5) is 5.69 Å². The van der Waals surface area contributed by atoms with E-state index in [1.165, 1.54) is 43.3 Å². The molecule has 2 aromatic carbocycles. The van der Waals surface area contributed by atoms with Gasteiger partial charge in [-0.1, -0.05) is 6.07 Å². The van der Waals surface area contributed by atoms with E-state index in [0.717, 1.165) is 6.07 Å². The highest BCUT2D eigenvalue weighted by Gasteiger charge is 2.12. The fraction of sp³-hybridized carbons (Fsp3) is 0.0667. The van der Waals surface area contributed by atoms with Crippen LogP contribution in [0.3, 0.4) is 0 Å². The van der Waals surface area contributed by atoms with Crippen molar-refractivity contribution in [2.45, 2.75) is 6.92 Å². The summed E-state index contributed by atoms with van der Waals surface area (Å²) in [5, 5.41) is 33.6. The van der Waals surface area contributed by atoms with Gasteiger partial charge in [0, 0.05) is 23.3 Å². The van der Waals surface area contributed by atoms with Crippen LogP contribution in [0.2, 0.25) is 0 Å². The SMILES string of the molecule is C/C(=N\NC(=O)c1cccc([N+](=O)[O-])c1)c1cc(O)ccc1O. The quantitative estimate of drug-likeness (QED) is 0.345. The molecule has 0 unspecified atom stereocenters. The molecule has 3 N–H and O–H groups in total. The molecule has 0 atom stereocenters. The smallest absolute Gasteiger partial charge is 0.271 e. The molecule has 8 heteroatoms. The molecule has 0 bridgehead atoms. The van der Waals surface area contributed by atoms with E-state index in [9.17, 15) is 25.1 Å². The minimum atomic E-state index is -0.632. The number of phenols is 2. The third kappa shape index (κ3) is 3.82. The number of hydrogen-bond acceptors (Lipinski definition) is 6. The summed E-state index contributed by atoms with van der Waals surface area (Å²) in [4.78, 5) is 22.0. The summed E-state index contributed by atoms with van der Waals surface area (Å²) < 4.78 is 0. The standard InChI is InChI=1S/C15H13N3O5/c1-9(13-8-12(19)5-6-14(13)20)16-17-15(21)10-3-2-4-11(7-10)18(22)23/h2-8,19-20H,1H3,(H,17,21)/b16-9+.